The molecule has 0 aromatic heterocycles. The number of carbonyl (C=O) groups excluding carboxylic acids is 1. The number of carboxylic acids is 1. The van der Waals surface area contributed by atoms with E-state index in [4.69, 9.17) is 4.74 Å². The van der Waals surface area contributed by atoms with E-state index in [2.05, 4.69) is 0 Å². The van der Waals surface area contributed by atoms with Crippen LogP contribution in [0.3, 0.4) is 0 Å². The molecule has 1 aliphatic heterocycles. The molecule has 0 bridgehead atoms. The Kier molecular flexibility index (Phi) is 6.17. The normalized spacial score (nSPS) is 21.1. The van der Waals surface area contributed by atoms with E-state index < -0.39 is 17.1 Å². The summed E-state index contributed by atoms with van der Waals surface area (Å²) in [5, 5.41) is 9.52. The zero-order chi connectivity index (χ0) is 17.7. The average molecular weight is 359 g/mol. The van der Waals surface area contributed by atoms with Gasteiger partial charge in [0.05, 0.1) is 6.61 Å². The Bertz CT molecular complexity index is 592. The number of halogens is 2. The maximum Gasteiger partial charge on any atom is 0.313 e. The lowest BCUT2D eigenvalue weighted by Gasteiger charge is -2.39. The van der Waals surface area contributed by atoms with Gasteiger partial charge in [-0.25, -0.2) is 0 Å². The summed E-state index contributed by atoms with van der Waals surface area (Å²) >= 11 is 0.412. The highest BCUT2D eigenvalue weighted by Crippen LogP contribution is 2.32. The first-order valence-electron chi connectivity index (χ1n) is 7.44. The number of hydrogen-bond donors (Lipinski definition) is 1. The third kappa shape index (κ3) is 4.24. The van der Waals surface area contributed by atoms with Gasteiger partial charge in [0, 0.05) is 30.7 Å². The second-order valence-corrected chi connectivity index (χ2v) is 6.82. The van der Waals surface area contributed by atoms with Gasteiger partial charge >= 0.3 is 5.97 Å². The van der Waals surface area contributed by atoms with Crippen LogP contribution in [0.15, 0.2) is 29.2 Å². The van der Waals surface area contributed by atoms with Crippen LogP contribution in [-0.4, -0.2) is 54.4 Å². The predicted octanol–water partition coefficient (Wildman–Crippen LogP) is 2.95. The lowest BCUT2D eigenvalue weighted by molar-refractivity contribution is -0.155. The number of methoxy groups -OCH3 is 1. The predicted molar refractivity (Wildman–Crippen MR) is 85.4 cm³/mol. The third-order valence-corrected chi connectivity index (χ3v) is 4.79. The molecule has 1 amide bonds. The molecule has 8 heteroatoms. The van der Waals surface area contributed by atoms with Gasteiger partial charge in [-0.05, 0) is 37.1 Å². The van der Waals surface area contributed by atoms with Crippen molar-refractivity contribution in [3.63, 3.8) is 0 Å². The largest absolute Gasteiger partial charge is 0.481 e. The number of thioether (sulfide) groups is 1. The smallest absolute Gasteiger partial charge is 0.313 e. The first-order valence-corrected chi connectivity index (χ1v) is 8.32. The molecule has 1 atom stereocenters. The van der Waals surface area contributed by atoms with Crippen molar-refractivity contribution in [2.45, 2.75) is 23.5 Å². The fourth-order valence-electron chi connectivity index (χ4n) is 2.90. The molecule has 0 saturated carbocycles. The van der Waals surface area contributed by atoms with Crippen molar-refractivity contribution >= 4 is 23.6 Å². The standard InChI is InChI=1S/C16H19F2NO4S/c1-23-10-16(14(21)22)7-2-8-19(9-16)13(20)11-3-5-12(6-4-11)24-15(17)18/h3-6,15H,2,7-10H2,1H3,(H,21,22). The van der Waals surface area contributed by atoms with Crippen LogP contribution in [0, 0.1) is 5.41 Å². The Balaban J connectivity index is 2.12. The van der Waals surface area contributed by atoms with Gasteiger partial charge in [0.25, 0.3) is 11.7 Å². The van der Waals surface area contributed by atoms with Gasteiger partial charge < -0.3 is 14.7 Å². The molecule has 1 aromatic rings. The molecule has 5 nitrogen and oxygen atoms in total. The number of carboxylic acid groups (broad SMARTS) is 1. The highest BCUT2D eigenvalue weighted by molar-refractivity contribution is 7.99. The van der Waals surface area contributed by atoms with Gasteiger partial charge in [-0.1, -0.05) is 11.8 Å². The van der Waals surface area contributed by atoms with E-state index in [9.17, 15) is 23.5 Å². The van der Waals surface area contributed by atoms with E-state index in [1.165, 1.54) is 36.3 Å². The number of aliphatic carboxylic acids is 1. The van der Waals surface area contributed by atoms with Crippen molar-refractivity contribution in [3.8, 4) is 0 Å². The van der Waals surface area contributed by atoms with Gasteiger partial charge in [0.1, 0.15) is 5.41 Å². The van der Waals surface area contributed by atoms with E-state index in [0.717, 1.165) is 0 Å². The van der Waals surface area contributed by atoms with Crippen LogP contribution in [0.2, 0.25) is 0 Å². The molecule has 1 heterocycles. The molecule has 1 saturated heterocycles. The summed E-state index contributed by atoms with van der Waals surface area (Å²) in [7, 11) is 1.44. The number of ether oxygens (including phenoxy) is 1. The maximum atomic E-state index is 12.6. The maximum absolute atomic E-state index is 12.6. The van der Waals surface area contributed by atoms with Crippen LogP contribution in [0.1, 0.15) is 23.2 Å². The number of piperidine rings is 1. The average Bonchev–Trinajstić information content (AvgIpc) is 2.55. The molecule has 1 unspecified atom stereocenters. The van der Waals surface area contributed by atoms with Gasteiger partial charge in [0.15, 0.2) is 0 Å². The minimum absolute atomic E-state index is 0.0378. The van der Waals surface area contributed by atoms with Crippen LogP contribution in [0.5, 0.6) is 0 Å². The summed E-state index contributed by atoms with van der Waals surface area (Å²) in [6.07, 6.45) is 1.02. The molecule has 1 fully saturated rings. The second kappa shape index (κ2) is 7.94. The molecule has 1 N–H and O–H groups in total. The highest BCUT2D eigenvalue weighted by Gasteiger charge is 2.43. The molecule has 2 rings (SSSR count). The van der Waals surface area contributed by atoms with E-state index in [1.54, 1.807) is 0 Å². The fraction of sp³-hybridized carbons (Fsp3) is 0.500. The number of amides is 1. The second-order valence-electron chi connectivity index (χ2n) is 5.75. The van der Waals surface area contributed by atoms with Crippen LogP contribution < -0.4 is 0 Å². The van der Waals surface area contributed by atoms with E-state index in [0.29, 0.717) is 41.6 Å². The third-order valence-electron chi connectivity index (χ3n) is 4.06. The number of nitrogens with zero attached hydrogens (tertiary/aromatic N) is 1. The molecular weight excluding hydrogens is 340 g/mol. The summed E-state index contributed by atoms with van der Waals surface area (Å²) in [6.45, 7) is 0.573. The summed E-state index contributed by atoms with van der Waals surface area (Å²) in [5.41, 5.74) is -0.749. The van der Waals surface area contributed by atoms with Crippen molar-refractivity contribution in [3.05, 3.63) is 29.8 Å². The van der Waals surface area contributed by atoms with E-state index >= 15 is 0 Å². The minimum Gasteiger partial charge on any atom is -0.481 e. The first-order chi connectivity index (χ1) is 11.4. The van der Waals surface area contributed by atoms with Gasteiger partial charge in [-0.3, -0.25) is 9.59 Å². The summed E-state index contributed by atoms with van der Waals surface area (Å²) in [6, 6.07) is 5.90. The number of alkyl halides is 2. The molecule has 24 heavy (non-hydrogen) atoms. The van der Waals surface area contributed by atoms with Crippen LogP contribution in [-0.2, 0) is 9.53 Å². The van der Waals surface area contributed by atoms with Crippen molar-refractivity contribution in [1.82, 2.24) is 4.90 Å². The zero-order valence-corrected chi connectivity index (χ0v) is 14.0. The number of likely N-dealkylation sites (tertiary alicyclic amines) is 1. The highest BCUT2D eigenvalue weighted by atomic mass is 32.2. The van der Waals surface area contributed by atoms with Crippen molar-refractivity contribution in [2.24, 2.45) is 5.41 Å². The summed E-state index contributed by atoms with van der Waals surface area (Å²) in [4.78, 5) is 26.1. The lowest BCUT2D eigenvalue weighted by Crippen LogP contribution is -2.52. The first kappa shape index (κ1) is 18.7. The monoisotopic (exact) mass is 359 g/mol. The van der Waals surface area contributed by atoms with Crippen LogP contribution in [0.25, 0.3) is 0 Å². The molecule has 132 valence electrons. The SMILES string of the molecule is COCC1(C(=O)O)CCCN(C(=O)c2ccc(SC(F)F)cc2)C1. The molecule has 0 spiro atoms. The number of carbonyl (C=O) groups is 2. The molecule has 1 aromatic carbocycles. The van der Waals surface area contributed by atoms with Crippen molar-refractivity contribution < 1.29 is 28.2 Å². The lowest BCUT2D eigenvalue weighted by atomic mass is 9.80. The Labute approximate surface area is 143 Å². The fourth-order valence-corrected chi connectivity index (χ4v) is 3.40. The Morgan fingerprint density at radius 1 is 1.38 bits per heavy atom. The molecule has 0 aliphatic carbocycles. The van der Waals surface area contributed by atoms with Crippen LogP contribution >= 0.6 is 11.8 Å². The van der Waals surface area contributed by atoms with Crippen LogP contribution in [0.4, 0.5) is 8.78 Å². The summed E-state index contributed by atoms with van der Waals surface area (Å²) in [5.74, 6) is -3.80. The van der Waals surface area contributed by atoms with E-state index in [1.807, 2.05) is 0 Å². The number of hydrogen-bond acceptors (Lipinski definition) is 4. The van der Waals surface area contributed by atoms with E-state index in [-0.39, 0.29) is 19.1 Å². The Hall–Kier alpha value is -1.67. The zero-order valence-electron chi connectivity index (χ0n) is 13.2. The Morgan fingerprint density at radius 3 is 2.58 bits per heavy atom. The molecule has 0 radical (unpaired) electrons. The van der Waals surface area contributed by atoms with Gasteiger partial charge in [-0.2, -0.15) is 8.78 Å². The van der Waals surface area contributed by atoms with Crippen molar-refractivity contribution in [2.75, 3.05) is 26.8 Å². The molecular formula is C16H19F2NO4S. The molecule has 1 aliphatic rings. The van der Waals surface area contributed by atoms with Crippen molar-refractivity contribution in [1.29, 1.82) is 0 Å². The topological polar surface area (TPSA) is 66.8 Å². The summed E-state index contributed by atoms with van der Waals surface area (Å²) < 4.78 is 29.7. The van der Waals surface area contributed by atoms with Gasteiger partial charge in [0.2, 0.25) is 0 Å². The number of rotatable bonds is 6. The Morgan fingerprint density at radius 2 is 2.04 bits per heavy atom. The quantitative estimate of drug-likeness (QED) is 0.791. The minimum atomic E-state index is -2.51. The van der Waals surface area contributed by atoms with Gasteiger partial charge in [-0.15, -0.1) is 0 Å². The number of benzene rings is 1.